The van der Waals surface area contributed by atoms with Crippen molar-refractivity contribution in [1.29, 1.82) is 0 Å². The molecule has 1 amide bonds. The SMILES string of the molecule is CC(C)CCCC(C)NC(=O)COc1ccccc1N. The number of ether oxygens (including phenoxy) is 1. The molecule has 0 heterocycles. The summed E-state index contributed by atoms with van der Waals surface area (Å²) in [5.41, 5.74) is 6.29. The lowest BCUT2D eigenvalue weighted by Gasteiger charge is -2.15. The minimum atomic E-state index is -0.106. The third-order valence-electron chi connectivity index (χ3n) is 3.10. The number of rotatable bonds is 8. The van der Waals surface area contributed by atoms with Crippen molar-refractivity contribution in [2.75, 3.05) is 12.3 Å². The average Bonchev–Trinajstić information content (AvgIpc) is 2.37. The molecule has 0 aliphatic rings. The van der Waals surface area contributed by atoms with E-state index in [4.69, 9.17) is 10.5 Å². The Morgan fingerprint density at radius 2 is 1.95 bits per heavy atom. The summed E-state index contributed by atoms with van der Waals surface area (Å²) >= 11 is 0. The van der Waals surface area contributed by atoms with Gasteiger partial charge in [-0.05, 0) is 31.4 Å². The maximum absolute atomic E-state index is 11.8. The van der Waals surface area contributed by atoms with Gasteiger partial charge in [0.2, 0.25) is 0 Å². The molecule has 0 bridgehead atoms. The topological polar surface area (TPSA) is 64.3 Å². The van der Waals surface area contributed by atoms with Crippen LogP contribution in [0.5, 0.6) is 5.75 Å². The molecule has 0 radical (unpaired) electrons. The monoisotopic (exact) mass is 278 g/mol. The van der Waals surface area contributed by atoms with E-state index in [-0.39, 0.29) is 18.6 Å². The smallest absolute Gasteiger partial charge is 0.258 e. The van der Waals surface area contributed by atoms with Crippen LogP contribution >= 0.6 is 0 Å². The van der Waals surface area contributed by atoms with Gasteiger partial charge in [0, 0.05) is 6.04 Å². The number of nitrogens with one attached hydrogen (secondary N) is 1. The van der Waals surface area contributed by atoms with Crippen LogP contribution in [-0.2, 0) is 4.79 Å². The van der Waals surface area contributed by atoms with Crippen LogP contribution in [0.3, 0.4) is 0 Å². The molecule has 20 heavy (non-hydrogen) atoms. The lowest BCUT2D eigenvalue weighted by Crippen LogP contribution is -2.36. The second-order valence-corrected chi connectivity index (χ2v) is 5.62. The summed E-state index contributed by atoms with van der Waals surface area (Å²) in [6.07, 6.45) is 3.32. The Balaban J connectivity index is 2.24. The number of nitrogens with two attached hydrogens (primary N) is 1. The van der Waals surface area contributed by atoms with Gasteiger partial charge in [0.1, 0.15) is 5.75 Å². The zero-order valence-electron chi connectivity index (χ0n) is 12.7. The highest BCUT2D eigenvalue weighted by atomic mass is 16.5. The van der Waals surface area contributed by atoms with Crippen LogP contribution < -0.4 is 15.8 Å². The van der Waals surface area contributed by atoms with Crippen LogP contribution in [0.4, 0.5) is 5.69 Å². The van der Waals surface area contributed by atoms with Gasteiger partial charge in [0.05, 0.1) is 5.69 Å². The number of anilines is 1. The Bertz CT molecular complexity index is 419. The molecule has 4 nitrogen and oxygen atoms in total. The van der Waals surface area contributed by atoms with E-state index in [1.165, 1.54) is 6.42 Å². The molecule has 1 aromatic rings. The summed E-state index contributed by atoms with van der Waals surface area (Å²) in [4.78, 5) is 11.8. The molecule has 1 atom stereocenters. The summed E-state index contributed by atoms with van der Waals surface area (Å²) in [6.45, 7) is 6.44. The summed E-state index contributed by atoms with van der Waals surface area (Å²) in [7, 11) is 0. The predicted octanol–water partition coefficient (Wildman–Crippen LogP) is 2.98. The molecule has 0 saturated heterocycles. The quantitative estimate of drug-likeness (QED) is 0.718. The minimum Gasteiger partial charge on any atom is -0.482 e. The highest BCUT2D eigenvalue weighted by Gasteiger charge is 2.09. The first-order valence-corrected chi connectivity index (χ1v) is 7.25. The first-order valence-electron chi connectivity index (χ1n) is 7.25. The molecule has 0 fully saturated rings. The third kappa shape index (κ3) is 6.45. The highest BCUT2D eigenvalue weighted by molar-refractivity contribution is 5.78. The first-order chi connectivity index (χ1) is 9.49. The van der Waals surface area contributed by atoms with E-state index in [0.29, 0.717) is 17.4 Å². The van der Waals surface area contributed by atoms with Crippen LogP contribution in [0.15, 0.2) is 24.3 Å². The maximum atomic E-state index is 11.8. The first kappa shape index (κ1) is 16.3. The zero-order chi connectivity index (χ0) is 15.0. The van der Waals surface area contributed by atoms with E-state index in [2.05, 4.69) is 19.2 Å². The molecule has 0 aromatic heterocycles. The molecule has 0 saturated carbocycles. The summed E-state index contributed by atoms with van der Waals surface area (Å²) in [5.74, 6) is 1.16. The van der Waals surface area contributed by atoms with Gasteiger partial charge >= 0.3 is 0 Å². The minimum absolute atomic E-state index is 0.00271. The number of carbonyl (C=O) groups is 1. The number of benzene rings is 1. The molecule has 1 unspecified atom stereocenters. The van der Waals surface area contributed by atoms with Gasteiger partial charge in [-0.15, -0.1) is 0 Å². The Morgan fingerprint density at radius 3 is 2.60 bits per heavy atom. The second-order valence-electron chi connectivity index (χ2n) is 5.62. The van der Waals surface area contributed by atoms with E-state index in [1.807, 2.05) is 19.1 Å². The summed E-state index contributed by atoms with van der Waals surface area (Å²) in [6, 6.07) is 7.35. The van der Waals surface area contributed by atoms with E-state index < -0.39 is 0 Å². The average molecular weight is 278 g/mol. The summed E-state index contributed by atoms with van der Waals surface area (Å²) in [5, 5.41) is 2.94. The molecule has 1 rings (SSSR count). The Kier molecular flexibility index (Phi) is 6.91. The lowest BCUT2D eigenvalue weighted by molar-refractivity contribution is -0.123. The Labute approximate surface area is 121 Å². The van der Waals surface area contributed by atoms with Crippen LogP contribution in [0, 0.1) is 5.92 Å². The number of hydrogen-bond donors (Lipinski definition) is 2. The van der Waals surface area contributed by atoms with Gasteiger partial charge in [-0.2, -0.15) is 0 Å². The van der Waals surface area contributed by atoms with Crippen molar-refractivity contribution in [3.8, 4) is 5.75 Å². The van der Waals surface area contributed by atoms with Crippen LogP contribution in [-0.4, -0.2) is 18.6 Å². The normalized spacial score (nSPS) is 12.2. The van der Waals surface area contributed by atoms with Crippen LogP contribution in [0.25, 0.3) is 0 Å². The van der Waals surface area contributed by atoms with Crippen molar-refractivity contribution in [3.05, 3.63) is 24.3 Å². The van der Waals surface area contributed by atoms with Gasteiger partial charge in [-0.1, -0.05) is 38.8 Å². The molecule has 3 N–H and O–H groups in total. The molecular weight excluding hydrogens is 252 g/mol. The molecule has 112 valence electrons. The van der Waals surface area contributed by atoms with E-state index >= 15 is 0 Å². The van der Waals surface area contributed by atoms with Crippen molar-refractivity contribution >= 4 is 11.6 Å². The van der Waals surface area contributed by atoms with Crippen LogP contribution in [0.2, 0.25) is 0 Å². The fraction of sp³-hybridized carbons (Fsp3) is 0.562. The number of hydrogen-bond acceptors (Lipinski definition) is 3. The largest absolute Gasteiger partial charge is 0.482 e. The Morgan fingerprint density at radius 1 is 1.25 bits per heavy atom. The standard InChI is InChI=1S/C16H26N2O2/c1-12(2)7-6-8-13(3)18-16(19)11-20-15-10-5-4-9-14(15)17/h4-5,9-10,12-13H,6-8,11,17H2,1-3H3,(H,18,19). The van der Waals surface area contributed by atoms with Crippen molar-refractivity contribution in [1.82, 2.24) is 5.32 Å². The number of para-hydroxylation sites is 2. The molecule has 0 aliphatic heterocycles. The van der Waals surface area contributed by atoms with Crippen molar-refractivity contribution < 1.29 is 9.53 Å². The number of amides is 1. The van der Waals surface area contributed by atoms with Gasteiger partial charge < -0.3 is 15.8 Å². The van der Waals surface area contributed by atoms with E-state index in [1.54, 1.807) is 12.1 Å². The molecule has 0 spiro atoms. The van der Waals surface area contributed by atoms with Crippen molar-refractivity contribution in [3.63, 3.8) is 0 Å². The van der Waals surface area contributed by atoms with E-state index in [9.17, 15) is 4.79 Å². The van der Waals surface area contributed by atoms with Crippen molar-refractivity contribution in [2.24, 2.45) is 5.92 Å². The zero-order valence-corrected chi connectivity index (χ0v) is 12.7. The van der Waals surface area contributed by atoms with Gasteiger partial charge in [0.15, 0.2) is 6.61 Å². The van der Waals surface area contributed by atoms with Crippen molar-refractivity contribution in [2.45, 2.75) is 46.1 Å². The number of nitrogen functional groups attached to an aromatic ring is 1. The van der Waals surface area contributed by atoms with Gasteiger partial charge in [-0.3, -0.25) is 4.79 Å². The molecule has 0 aliphatic carbocycles. The predicted molar refractivity (Wildman–Crippen MR) is 82.6 cm³/mol. The number of carbonyl (C=O) groups excluding carboxylic acids is 1. The lowest BCUT2D eigenvalue weighted by atomic mass is 10.0. The molecule has 1 aromatic carbocycles. The Hall–Kier alpha value is -1.71. The second kappa shape index (κ2) is 8.46. The van der Waals surface area contributed by atoms with Gasteiger partial charge in [-0.25, -0.2) is 0 Å². The fourth-order valence-corrected chi connectivity index (χ4v) is 1.98. The third-order valence-corrected chi connectivity index (χ3v) is 3.10. The fourth-order valence-electron chi connectivity index (χ4n) is 1.98. The van der Waals surface area contributed by atoms with E-state index in [0.717, 1.165) is 12.8 Å². The molecular formula is C16H26N2O2. The summed E-state index contributed by atoms with van der Waals surface area (Å²) < 4.78 is 5.41. The highest BCUT2D eigenvalue weighted by Crippen LogP contribution is 2.19. The van der Waals surface area contributed by atoms with Crippen LogP contribution in [0.1, 0.15) is 40.0 Å². The maximum Gasteiger partial charge on any atom is 0.258 e. The molecule has 4 heteroatoms. The van der Waals surface area contributed by atoms with Gasteiger partial charge in [0.25, 0.3) is 5.91 Å².